The Labute approximate surface area is 122 Å². The molecule has 0 saturated heterocycles. The first kappa shape index (κ1) is 16.2. The van der Waals surface area contributed by atoms with E-state index in [0.717, 1.165) is 21.0 Å². The van der Waals surface area contributed by atoms with Gasteiger partial charge in [0, 0.05) is 0 Å². The quantitative estimate of drug-likeness (QED) is 0.446. The summed E-state index contributed by atoms with van der Waals surface area (Å²) in [7, 11) is -0.403. The summed E-state index contributed by atoms with van der Waals surface area (Å²) < 4.78 is 1.03. The first-order valence-electron chi connectivity index (χ1n) is 5.26. The molecule has 0 aromatic carbocycles. The monoisotopic (exact) mass is 337 g/mol. The zero-order valence-corrected chi connectivity index (χ0v) is 14.3. The van der Waals surface area contributed by atoms with Crippen molar-refractivity contribution in [1.82, 2.24) is 0 Å². The number of halogens is 2. The van der Waals surface area contributed by atoms with Crippen molar-refractivity contribution in [3.8, 4) is 0 Å². The van der Waals surface area contributed by atoms with Gasteiger partial charge in [-0.15, -0.1) is 0 Å². The van der Waals surface area contributed by atoms with Gasteiger partial charge in [-0.25, -0.2) is 0 Å². The molecule has 2 aliphatic rings. The molecular formula is C11H17Cl2SiZr. The van der Waals surface area contributed by atoms with Crippen LogP contribution in [0.15, 0.2) is 24.3 Å². The van der Waals surface area contributed by atoms with Crippen molar-refractivity contribution < 1.29 is 49.5 Å². The van der Waals surface area contributed by atoms with Crippen molar-refractivity contribution in [3.05, 3.63) is 24.3 Å². The van der Waals surface area contributed by atoms with Gasteiger partial charge in [0.15, 0.2) is 0 Å². The molecule has 0 N–H and O–H groups in total. The fourth-order valence-corrected chi connectivity index (χ4v) is 8.72. The van der Waals surface area contributed by atoms with Crippen molar-refractivity contribution in [3.63, 3.8) is 0 Å². The second kappa shape index (κ2) is 6.79. The number of fused-ring (bicyclic) bond motifs is 1. The molecule has 4 atom stereocenters. The molecule has 1 saturated carbocycles. The molecule has 4 unspecified atom stereocenters. The topological polar surface area (TPSA) is 0 Å². The summed E-state index contributed by atoms with van der Waals surface area (Å²) in [4.78, 5) is 0. The Morgan fingerprint density at radius 1 is 1.13 bits per heavy atom. The van der Waals surface area contributed by atoms with Gasteiger partial charge >= 0.3 is 98.3 Å². The fraction of sp³-hybridized carbons (Fsp3) is 0.636. The minimum Gasteiger partial charge on any atom is -1.00 e. The maximum Gasteiger partial charge on any atom is -1.00 e. The zero-order valence-electron chi connectivity index (χ0n) is 9.16. The van der Waals surface area contributed by atoms with Crippen LogP contribution >= 0.6 is 0 Å². The van der Waals surface area contributed by atoms with E-state index in [4.69, 9.17) is 0 Å². The smallest absolute Gasteiger partial charge is 1.00 e. The van der Waals surface area contributed by atoms with E-state index < -0.39 is 8.80 Å². The van der Waals surface area contributed by atoms with Crippen LogP contribution in [0.2, 0.25) is 22.3 Å². The van der Waals surface area contributed by atoms with Crippen LogP contribution in [0.4, 0.5) is 0 Å². The SMILES string of the molecule is C[SiH](C)C1CC2C=CC=CC2[CH]1[Zr+2].[Cl-].[Cl-]. The van der Waals surface area contributed by atoms with Crippen LogP contribution in [0, 0.1) is 11.8 Å². The van der Waals surface area contributed by atoms with E-state index in [9.17, 15) is 0 Å². The predicted molar refractivity (Wildman–Crippen MR) is 56.3 cm³/mol. The molecule has 2 aliphatic carbocycles. The minimum atomic E-state index is -0.403. The van der Waals surface area contributed by atoms with Crippen LogP contribution in [0.25, 0.3) is 0 Å². The zero-order chi connectivity index (χ0) is 9.42. The second-order valence-electron chi connectivity index (χ2n) is 4.68. The second-order valence-corrected chi connectivity index (χ2v) is 9.66. The largest absolute Gasteiger partial charge is 1.00 e. The summed E-state index contributed by atoms with van der Waals surface area (Å²) in [6.45, 7) is 5.04. The van der Waals surface area contributed by atoms with E-state index in [-0.39, 0.29) is 24.8 Å². The average Bonchev–Trinajstić information content (AvgIpc) is 2.45. The van der Waals surface area contributed by atoms with Crippen LogP contribution in [0.5, 0.6) is 0 Å². The molecule has 1 fully saturated rings. The normalized spacial score (nSPS) is 37.1. The molecular weight excluding hydrogens is 322 g/mol. The third kappa shape index (κ3) is 3.31. The molecule has 0 heterocycles. The number of rotatable bonds is 1. The van der Waals surface area contributed by atoms with Gasteiger partial charge in [0.25, 0.3) is 0 Å². The Bertz CT molecular complexity index is 253. The molecule has 4 heteroatoms. The molecule has 0 bridgehead atoms. The Hall–Kier alpha value is 1.16. The molecule has 0 aliphatic heterocycles. The third-order valence-electron chi connectivity index (χ3n) is 3.57. The summed E-state index contributed by atoms with van der Waals surface area (Å²) in [5, 5.41) is 0. The van der Waals surface area contributed by atoms with E-state index in [1.54, 1.807) is 24.7 Å². The van der Waals surface area contributed by atoms with Gasteiger partial charge < -0.3 is 24.8 Å². The molecule has 83 valence electrons. The van der Waals surface area contributed by atoms with Crippen molar-refractivity contribution >= 4 is 8.80 Å². The standard InChI is InChI=1S/C11H17Si.2ClH.Zr/c1-12(2)11-7-9-5-3-4-6-10(9)8-11;;;/h3-7,9-12H,8H2,1-2H3;2*1H;/q;;;+2/p-2. The van der Waals surface area contributed by atoms with E-state index in [1.165, 1.54) is 6.42 Å². The van der Waals surface area contributed by atoms with Gasteiger partial charge in [-0.1, -0.05) is 0 Å². The van der Waals surface area contributed by atoms with Crippen LogP contribution < -0.4 is 24.8 Å². The molecule has 0 aromatic rings. The van der Waals surface area contributed by atoms with Crippen molar-refractivity contribution in [2.75, 3.05) is 0 Å². The van der Waals surface area contributed by atoms with Crippen LogP contribution in [-0.2, 0) is 24.7 Å². The molecule has 0 amide bonds. The third-order valence-corrected chi connectivity index (χ3v) is 8.92. The van der Waals surface area contributed by atoms with Gasteiger partial charge in [-0.05, 0) is 0 Å². The summed E-state index contributed by atoms with van der Waals surface area (Å²) in [6, 6.07) is 0. The van der Waals surface area contributed by atoms with E-state index in [0.29, 0.717) is 0 Å². The Morgan fingerprint density at radius 2 is 1.73 bits per heavy atom. The molecule has 0 nitrogen and oxygen atoms in total. The van der Waals surface area contributed by atoms with Gasteiger partial charge in [-0.3, -0.25) is 0 Å². The molecule has 2 rings (SSSR count). The Kier molecular flexibility index (Phi) is 7.31. The fourth-order valence-electron chi connectivity index (χ4n) is 2.73. The summed E-state index contributed by atoms with van der Waals surface area (Å²) >= 11 is 1.78. The van der Waals surface area contributed by atoms with Crippen LogP contribution in [-0.4, -0.2) is 8.80 Å². The number of hydrogen-bond donors (Lipinski definition) is 0. The molecule has 0 spiro atoms. The summed E-state index contributed by atoms with van der Waals surface area (Å²) in [5.74, 6) is 1.80. The average molecular weight is 339 g/mol. The summed E-state index contributed by atoms with van der Waals surface area (Å²) in [6.07, 6.45) is 10.9. The van der Waals surface area contributed by atoms with Crippen molar-refractivity contribution in [1.29, 1.82) is 0 Å². The van der Waals surface area contributed by atoms with Gasteiger partial charge in [-0.2, -0.15) is 0 Å². The van der Waals surface area contributed by atoms with E-state index in [1.807, 2.05) is 0 Å². The minimum absolute atomic E-state index is 0. The van der Waals surface area contributed by atoms with Gasteiger partial charge in [0.2, 0.25) is 0 Å². The number of hydrogen-bond acceptors (Lipinski definition) is 0. The number of allylic oxidation sites excluding steroid dienone is 4. The van der Waals surface area contributed by atoms with Crippen molar-refractivity contribution in [2.45, 2.75) is 28.7 Å². The molecule has 0 radical (unpaired) electrons. The summed E-state index contributed by atoms with van der Waals surface area (Å²) in [5.41, 5.74) is 1.11. The first-order chi connectivity index (χ1) is 6.20. The molecule has 15 heavy (non-hydrogen) atoms. The van der Waals surface area contributed by atoms with Gasteiger partial charge in [0.1, 0.15) is 0 Å². The van der Waals surface area contributed by atoms with Gasteiger partial charge in [0.05, 0.1) is 0 Å². The first-order valence-corrected chi connectivity index (χ1v) is 9.66. The Balaban J connectivity index is 0.000000980. The van der Waals surface area contributed by atoms with Crippen molar-refractivity contribution in [2.24, 2.45) is 11.8 Å². The maximum absolute atomic E-state index is 2.52. The Morgan fingerprint density at radius 3 is 2.27 bits per heavy atom. The molecule has 0 aromatic heterocycles. The van der Waals surface area contributed by atoms with Crippen LogP contribution in [0.1, 0.15) is 6.42 Å². The van der Waals surface area contributed by atoms with E-state index in [2.05, 4.69) is 37.4 Å². The van der Waals surface area contributed by atoms with E-state index >= 15 is 0 Å². The van der Waals surface area contributed by atoms with Crippen LogP contribution in [0.3, 0.4) is 0 Å². The maximum atomic E-state index is 2.52. The predicted octanol–water partition coefficient (Wildman–Crippen LogP) is -3.05.